The molecule has 2 atom stereocenters. The van der Waals surface area contributed by atoms with Crippen LogP contribution in [-0.2, 0) is 14.3 Å². The Morgan fingerprint density at radius 2 is 1.89 bits per heavy atom. The summed E-state index contributed by atoms with van der Waals surface area (Å²) in [6, 6.07) is 7.63. The molecule has 1 aromatic rings. The SMILES string of the molecule is COc1ccc(C2OCC(CC(C)C)N2C(=O)OC(C)(C)C)cc1.O=CO. The molecule has 27 heavy (non-hydrogen) atoms. The monoisotopic (exact) mass is 381 g/mol. The van der Waals surface area contributed by atoms with Crippen molar-refractivity contribution >= 4 is 12.6 Å². The van der Waals surface area contributed by atoms with Crippen molar-refractivity contribution in [1.29, 1.82) is 0 Å². The molecular weight excluding hydrogens is 350 g/mol. The highest BCUT2D eigenvalue weighted by atomic mass is 16.6. The number of hydrogen-bond donors (Lipinski definition) is 1. The standard InChI is InChI=1S/C19H29NO4.CH2O2/c1-13(2)11-15-12-23-17(14-7-9-16(22-6)10-8-14)20(15)18(21)24-19(3,4)5;2-1-3/h7-10,13,15,17H,11-12H2,1-6H3;1H,(H,2,3). The molecule has 1 N–H and O–H groups in total. The summed E-state index contributed by atoms with van der Waals surface area (Å²) < 4.78 is 16.8. The molecule has 0 spiro atoms. The Morgan fingerprint density at radius 3 is 2.33 bits per heavy atom. The topological polar surface area (TPSA) is 85.3 Å². The van der Waals surface area contributed by atoms with Gasteiger partial charge >= 0.3 is 6.09 Å². The molecule has 0 aliphatic carbocycles. The first kappa shape index (κ1) is 22.8. The lowest BCUT2D eigenvalue weighted by molar-refractivity contribution is -0.122. The normalized spacial score (nSPS) is 19.3. The summed E-state index contributed by atoms with van der Waals surface area (Å²) in [5.74, 6) is 1.25. The van der Waals surface area contributed by atoms with Crippen molar-refractivity contribution in [1.82, 2.24) is 4.90 Å². The Hall–Kier alpha value is -2.28. The molecule has 1 aliphatic rings. The van der Waals surface area contributed by atoms with E-state index in [2.05, 4.69) is 13.8 Å². The predicted molar refractivity (Wildman–Crippen MR) is 102 cm³/mol. The van der Waals surface area contributed by atoms with Gasteiger partial charge in [-0.15, -0.1) is 0 Å². The molecule has 1 amide bonds. The molecule has 1 saturated heterocycles. The van der Waals surface area contributed by atoms with Gasteiger partial charge < -0.3 is 19.3 Å². The van der Waals surface area contributed by atoms with Crippen molar-refractivity contribution in [2.24, 2.45) is 5.92 Å². The maximum absolute atomic E-state index is 12.8. The van der Waals surface area contributed by atoms with E-state index in [9.17, 15) is 4.79 Å². The Balaban J connectivity index is 0.00000114. The van der Waals surface area contributed by atoms with Gasteiger partial charge in [0.05, 0.1) is 19.8 Å². The first-order chi connectivity index (χ1) is 12.6. The number of benzene rings is 1. The summed E-state index contributed by atoms with van der Waals surface area (Å²) >= 11 is 0. The lowest BCUT2D eigenvalue weighted by atomic mass is 10.0. The molecule has 1 heterocycles. The van der Waals surface area contributed by atoms with Crippen molar-refractivity contribution in [2.75, 3.05) is 13.7 Å². The van der Waals surface area contributed by atoms with Crippen LogP contribution < -0.4 is 4.74 Å². The summed E-state index contributed by atoms with van der Waals surface area (Å²) in [6.07, 6.45) is 0.132. The molecule has 0 radical (unpaired) electrons. The fourth-order valence-electron chi connectivity index (χ4n) is 2.86. The van der Waals surface area contributed by atoms with Gasteiger partial charge in [-0.25, -0.2) is 4.79 Å². The van der Waals surface area contributed by atoms with Crippen molar-refractivity contribution < 1.29 is 28.9 Å². The number of amides is 1. The molecule has 0 bridgehead atoms. The quantitative estimate of drug-likeness (QED) is 0.791. The molecule has 152 valence electrons. The fraction of sp³-hybridized carbons (Fsp3) is 0.600. The molecule has 1 aliphatic heterocycles. The zero-order valence-corrected chi connectivity index (χ0v) is 17.0. The Kier molecular flexibility index (Phi) is 8.56. The van der Waals surface area contributed by atoms with E-state index in [1.54, 1.807) is 12.0 Å². The molecule has 2 rings (SSSR count). The lowest BCUT2D eigenvalue weighted by Gasteiger charge is -2.31. The fourth-order valence-corrected chi connectivity index (χ4v) is 2.86. The number of carbonyl (C=O) groups is 2. The van der Waals surface area contributed by atoms with E-state index in [1.807, 2.05) is 45.0 Å². The van der Waals surface area contributed by atoms with Gasteiger partial charge in [-0.2, -0.15) is 0 Å². The van der Waals surface area contributed by atoms with Crippen LogP contribution in [0.4, 0.5) is 4.79 Å². The first-order valence-corrected chi connectivity index (χ1v) is 8.97. The number of carbonyl (C=O) groups excluding carboxylic acids is 1. The van der Waals surface area contributed by atoms with Crippen LogP contribution in [0.25, 0.3) is 0 Å². The van der Waals surface area contributed by atoms with E-state index in [1.165, 1.54) is 0 Å². The summed E-state index contributed by atoms with van der Waals surface area (Å²) in [5, 5.41) is 6.89. The van der Waals surface area contributed by atoms with Crippen molar-refractivity contribution in [2.45, 2.75) is 58.9 Å². The molecular formula is C20H31NO6. The Labute approximate surface area is 161 Å². The second-order valence-corrected chi connectivity index (χ2v) is 7.74. The van der Waals surface area contributed by atoms with E-state index in [4.69, 9.17) is 24.1 Å². The van der Waals surface area contributed by atoms with Crippen molar-refractivity contribution in [3.8, 4) is 5.75 Å². The second kappa shape index (κ2) is 10.2. The second-order valence-electron chi connectivity index (χ2n) is 7.74. The maximum Gasteiger partial charge on any atom is 0.412 e. The molecule has 1 aromatic carbocycles. The average Bonchev–Trinajstić information content (AvgIpc) is 2.97. The van der Waals surface area contributed by atoms with Crippen LogP contribution in [0.5, 0.6) is 5.75 Å². The number of nitrogens with zero attached hydrogens (tertiary/aromatic N) is 1. The van der Waals surface area contributed by atoms with Gasteiger partial charge in [0.15, 0.2) is 6.23 Å². The average molecular weight is 381 g/mol. The molecule has 2 unspecified atom stereocenters. The third-order valence-electron chi connectivity index (χ3n) is 3.84. The van der Waals surface area contributed by atoms with Crippen LogP contribution in [0.3, 0.4) is 0 Å². The zero-order valence-electron chi connectivity index (χ0n) is 17.0. The third-order valence-corrected chi connectivity index (χ3v) is 3.84. The minimum atomic E-state index is -0.535. The van der Waals surface area contributed by atoms with Gasteiger partial charge in [-0.05, 0) is 45.2 Å². The van der Waals surface area contributed by atoms with Gasteiger partial charge in [0, 0.05) is 5.56 Å². The summed E-state index contributed by atoms with van der Waals surface area (Å²) in [4.78, 5) is 22.9. The highest BCUT2D eigenvalue weighted by Crippen LogP contribution is 2.35. The summed E-state index contributed by atoms with van der Waals surface area (Å²) in [6.45, 7) is 10.2. The summed E-state index contributed by atoms with van der Waals surface area (Å²) in [7, 11) is 1.63. The number of methoxy groups -OCH3 is 1. The number of ether oxygens (including phenoxy) is 3. The van der Waals surface area contributed by atoms with E-state index in [0.717, 1.165) is 17.7 Å². The van der Waals surface area contributed by atoms with Crippen molar-refractivity contribution in [3.63, 3.8) is 0 Å². The van der Waals surface area contributed by atoms with Gasteiger partial charge in [0.1, 0.15) is 11.4 Å². The maximum atomic E-state index is 12.8. The largest absolute Gasteiger partial charge is 0.497 e. The molecule has 7 heteroatoms. The van der Waals surface area contributed by atoms with E-state index in [-0.39, 0.29) is 18.6 Å². The lowest BCUT2D eigenvalue weighted by Crippen LogP contribution is -2.42. The van der Waals surface area contributed by atoms with Gasteiger partial charge in [-0.1, -0.05) is 26.0 Å². The summed E-state index contributed by atoms with van der Waals surface area (Å²) in [5.41, 5.74) is 0.389. The van der Waals surface area contributed by atoms with Gasteiger partial charge in [-0.3, -0.25) is 9.69 Å². The molecule has 0 aromatic heterocycles. The highest BCUT2D eigenvalue weighted by Gasteiger charge is 2.41. The van der Waals surface area contributed by atoms with E-state index < -0.39 is 11.8 Å². The van der Waals surface area contributed by atoms with Crippen LogP contribution in [0.2, 0.25) is 0 Å². The van der Waals surface area contributed by atoms with Gasteiger partial charge in [0.2, 0.25) is 0 Å². The zero-order chi connectivity index (χ0) is 20.6. The van der Waals surface area contributed by atoms with Crippen molar-refractivity contribution in [3.05, 3.63) is 29.8 Å². The van der Waals surface area contributed by atoms with Crippen LogP contribution in [0, 0.1) is 5.92 Å². The Bertz CT molecular complexity index is 593. The minimum Gasteiger partial charge on any atom is -0.497 e. The third kappa shape index (κ3) is 7.09. The van der Waals surface area contributed by atoms with Crippen LogP contribution >= 0.6 is 0 Å². The molecule has 0 saturated carbocycles. The van der Waals surface area contributed by atoms with E-state index in [0.29, 0.717) is 12.5 Å². The molecule has 1 fully saturated rings. The molecule has 7 nitrogen and oxygen atoms in total. The first-order valence-electron chi connectivity index (χ1n) is 8.97. The van der Waals surface area contributed by atoms with Crippen LogP contribution in [-0.4, -0.2) is 47.9 Å². The predicted octanol–water partition coefficient (Wildman–Crippen LogP) is 4.08. The smallest absolute Gasteiger partial charge is 0.412 e. The van der Waals surface area contributed by atoms with Crippen LogP contribution in [0.1, 0.15) is 52.8 Å². The van der Waals surface area contributed by atoms with Crippen LogP contribution in [0.15, 0.2) is 24.3 Å². The number of rotatable bonds is 4. The Morgan fingerprint density at radius 1 is 1.33 bits per heavy atom. The minimum absolute atomic E-state index is 0.0203. The van der Waals surface area contributed by atoms with Gasteiger partial charge in [0.25, 0.3) is 6.47 Å². The number of carboxylic acid groups (broad SMARTS) is 1. The highest BCUT2D eigenvalue weighted by molar-refractivity contribution is 5.69. The van der Waals surface area contributed by atoms with E-state index >= 15 is 0 Å². The number of hydrogen-bond acceptors (Lipinski definition) is 5.